The average molecular weight is 527 g/mol. The lowest BCUT2D eigenvalue weighted by molar-refractivity contribution is 0.169. The average Bonchev–Trinajstić information content (AvgIpc) is 3.03. The fourth-order valence-corrected chi connectivity index (χ4v) is 3.67. The highest BCUT2D eigenvalue weighted by atomic mass is 127. The maximum Gasteiger partial charge on any atom is 0.191 e. The number of aromatic nitrogens is 2. The fraction of sp³-hybridized carbons (Fsp3) is 0.565. The third kappa shape index (κ3) is 6.70. The fourth-order valence-electron chi connectivity index (χ4n) is 3.67. The van der Waals surface area contributed by atoms with Crippen LogP contribution in [0.1, 0.15) is 57.0 Å². The number of aryl methyl sites for hydroxylation is 1. The number of hydrogen-bond acceptors (Lipinski definition) is 3. The first-order valence-electron chi connectivity index (χ1n) is 10.7. The van der Waals surface area contributed by atoms with Crippen LogP contribution >= 0.6 is 24.0 Å². The molecule has 0 bridgehead atoms. The van der Waals surface area contributed by atoms with Gasteiger partial charge in [0.25, 0.3) is 0 Å². The van der Waals surface area contributed by atoms with Gasteiger partial charge in [-0.25, -0.2) is 9.67 Å². The van der Waals surface area contributed by atoms with Crippen molar-refractivity contribution in [3.05, 3.63) is 47.3 Å². The molecule has 30 heavy (non-hydrogen) atoms. The summed E-state index contributed by atoms with van der Waals surface area (Å²) in [6.07, 6.45) is 2.85. The van der Waals surface area contributed by atoms with Crippen LogP contribution in [0.4, 0.5) is 0 Å². The molecule has 3 N–H and O–H groups in total. The Labute approximate surface area is 198 Å². The number of guanidine groups is 1. The van der Waals surface area contributed by atoms with Crippen LogP contribution in [-0.2, 0) is 6.54 Å². The van der Waals surface area contributed by atoms with Gasteiger partial charge in [0.15, 0.2) is 5.96 Å². The Bertz CT molecular complexity index is 784. The van der Waals surface area contributed by atoms with Gasteiger partial charge in [-0.1, -0.05) is 32.0 Å². The third-order valence-corrected chi connectivity index (χ3v) is 5.95. The second-order valence-electron chi connectivity index (χ2n) is 7.63. The number of aliphatic hydroxyl groups is 1. The number of halogens is 1. The van der Waals surface area contributed by atoms with Gasteiger partial charge in [0.05, 0.1) is 17.9 Å². The molecule has 2 rings (SSSR count). The quantitative estimate of drug-likeness (QED) is 0.244. The highest BCUT2D eigenvalue weighted by Crippen LogP contribution is 2.29. The molecule has 168 valence electrons. The summed E-state index contributed by atoms with van der Waals surface area (Å²) < 4.78 is 1.99. The summed E-state index contributed by atoms with van der Waals surface area (Å²) in [5.74, 6) is 0.808. The third-order valence-electron chi connectivity index (χ3n) is 5.95. The monoisotopic (exact) mass is 527 g/mol. The zero-order chi connectivity index (χ0) is 21.3. The Hall–Kier alpha value is -1.61. The van der Waals surface area contributed by atoms with Gasteiger partial charge < -0.3 is 15.7 Å². The molecular formula is C23H38IN5O. The topological polar surface area (TPSA) is 74.5 Å². The molecular weight excluding hydrogens is 489 g/mol. The summed E-state index contributed by atoms with van der Waals surface area (Å²) in [4.78, 5) is 4.82. The van der Waals surface area contributed by atoms with Crippen LogP contribution in [0.5, 0.6) is 0 Å². The first-order chi connectivity index (χ1) is 14.0. The van der Waals surface area contributed by atoms with Crippen molar-refractivity contribution in [2.45, 2.75) is 60.4 Å². The van der Waals surface area contributed by atoms with E-state index in [0.29, 0.717) is 6.54 Å². The summed E-state index contributed by atoms with van der Waals surface area (Å²) in [5, 5.41) is 21.0. The van der Waals surface area contributed by atoms with Gasteiger partial charge in [-0.15, -0.1) is 24.0 Å². The van der Waals surface area contributed by atoms with E-state index in [2.05, 4.69) is 50.5 Å². The molecule has 0 spiro atoms. The normalized spacial score (nSPS) is 11.9. The molecule has 1 aromatic carbocycles. The SMILES string of the molecule is CCNC(=NCc1c(C)nn(-c2ccccc2)c1C)NCC(CC)(CC)CCO.I. The Balaban J connectivity index is 0.00000450. The zero-order valence-corrected chi connectivity index (χ0v) is 21.4. The lowest BCUT2D eigenvalue weighted by Crippen LogP contribution is -2.43. The predicted molar refractivity (Wildman–Crippen MR) is 136 cm³/mol. The van der Waals surface area contributed by atoms with Crippen LogP contribution < -0.4 is 10.6 Å². The molecule has 0 atom stereocenters. The molecule has 0 saturated carbocycles. The van der Waals surface area contributed by atoms with Crippen LogP contribution in [0.25, 0.3) is 5.69 Å². The molecule has 0 fully saturated rings. The van der Waals surface area contributed by atoms with Crippen molar-refractivity contribution >= 4 is 29.9 Å². The number of rotatable bonds is 10. The van der Waals surface area contributed by atoms with E-state index in [1.54, 1.807) is 0 Å². The largest absolute Gasteiger partial charge is 0.396 e. The van der Waals surface area contributed by atoms with Gasteiger partial charge in [-0.3, -0.25) is 0 Å². The standard InChI is InChI=1S/C23H37N5O.HI/c1-6-23(7-2,14-15-29)17-26-22(24-8-3)25-16-21-18(4)27-28(19(21)5)20-12-10-9-11-13-20;/h9-13,29H,6-8,14-17H2,1-5H3,(H2,24,25,26);1H. The number of para-hydroxylation sites is 1. The van der Waals surface area contributed by atoms with Crippen LogP contribution in [0.15, 0.2) is 35.3 Å². The minimum atomic E-state index is 0. The molecule has 0 unspecified atom stereocenters. The number of nitrogens with zero attached hydrogens (tertiary/aromatic N) is 3. The van der Waals surface area contributed by atoms with Crippen molar-refractivity contribution in [1.82, 2.24) is 20.4 Å². The number of hydrogen-bond donors (Lipinski definition) is 3. The molecule has 2 aromatic rings. The lowest BCUT2D eigenvalue weighted by atomic mass is 9.79. The first-order valence-corrected chi connectivity index (χ1v) is 10.7. The molecule has 0 saturated heterocycles. The minimum absolute atomic E-state index is 0. The molecule has 0 radical (unpaired) electrons. The van der Waals surface area contributed by atoms with Crippen molar-refractivity contribution in [3.8, 4) is 5.69 Å². The lowest BCUT2D eigenvalue weighted by Gasteiger charge is -2.32. The second kappa shape index (κ2) is 12.9. The zero-order valence-electron chi connectivity index (χ0n) is 19.0. The van der Waals surface area contributed by atoms with E-state index in [-0.39, 0.29) is 36.0 Å². The minimum Gasteiger partial charge on any atom is -0.396 e. The number of nitrogens with one attached hydrogen (secondary N) is 2. The second-order valence-corrected chi connectivity index (χ2v) is 7.63. The Morgan fingerprint density at radius 1 is 1.10 bits per heavy atom. The molecule has 0 aliphatic rings. The Morgan fingerprint density at radius 3 is 2.33 bits per heavy atom. The van der Waals surface area contributed by atoms with Crippen molar-refractivity contribution in [1.29, 1.82) is 0 Å². The van der Waals surface area contributed by atoms with Crippen molar-refractivity contribution < 1.29 is 5.11 Å². The molecule has 0 amide bonds. The van der Waals surface area contributed by atoms with Crippen LogP contribution in [0.2, 0.25) is 0 Å². The predicted octanol–water partition coefficient (Wildman–Crippen LogP) is 4.35. The first kappa shape index (κ1) is 26.4. The highest BCUT2D eigenvalue weighted by molar-refractivity contribution is 14.0. The summed E-state index contributed by atoms with van der Waals surface area (Å²) >= 11 is 0. The number of aliphatic hydroxyl groups excluding tert-OH is 1. The highest BCUT2D eigenvalue weighted by Gasteiger charge is 2.25. The number of aliphatic imine (C=N–C) groups is 1. The number of benzene rings is 1. The smallest absolute Gasteiger partial charge is 0.191 e. The summed E-state index contributed by atoms with van der Waals surface area (Å²) in [7, 11) is 0. The Morgan fingerprint density at radius 2 is 1.77 bits per heavy atom. The van der Waals surface area contributed by atoms with E-state index in [0.717, 1.165) is 61.0 Å². The van der Waals surface area contributed by atoms with Gasteiger partial charge in [0.2, 0.25) is 0 Å². The molecule has 7 heteroatoms. The summed E-state index contributed by atoms with van der Waals surface area (Å²) in [6.45, 7) is 13.0. The van der Waals surface area contributed by atoms with Crippen molar-refractivity contribution in [2.75, 3.05) is 19.7 Å². The summed E-state index contributed by atoms with van der Waals surface area (Å²) in [6, 6.07) is 10.2. The van der Waals surface area contributed by atoms with Gasteiger partial charge in [0, 0.05) is 31.0 Å². The molecule has 0 aliphatic heterocycles. The molecule has 1 heterocycles. The van der Waals surface area contributed by atoms with Crippen LogP contribution in [0.3, 0.4) is 0 Å². The van der Waals surface area contributed by atoms with E-state index in [4.69, 9.17) is 10.1 Å². The maximum atomic E-state index is 9.46. The Kier molecular flexibility index (Phi) is 11.4. The van der Waals surface area contributed by atoms with Crippen molar-refractivity contribution in [2.24, 2.45) is 10.4 Å². The van der Waals surface area contributed by atoms with Crippen LogP contribution in [0, 0.1) is 19.3 Å². The van der Waals surface area contributed by atoms with E-state index >= 15 is 0 Å². The van der Waals surface area contributed by atoms with Gasteiger partial charge >= 0.3 is 0 Å². The molecule has 0 aliphatic carbocycles. The van der Waals surface area contributed by atoms with Gasteiger partial charge in [-0.2, -0.15) is 5.10 Å². The molecule has 6 nitrogen and oxygen atoms in total. The van der Waals surface area contributed by atoms with E-state index < -0.39 is 0 Å². The van der Waals surface area contributed by atoms with E-state index in [1.165, 1.54) is 0 Å². The summed E-state index contributed by atoms with van der Waals surface area (Å²) in [5.41, 5.74) is 4.43. The van der Waals surface area contributed by atoms with E-state index in [9.17, 15) is 5.11 Å². The maximum absolute atomic E-state index is 9.46. The molecule has 1 aromatic heterocycles. The van der Waals surface area contributed by atoms with Gasteiger partial charge in [0.1, 0.15) is 0 Å². The van der Waals surface area contributed by atoms with E-state index in [1.807, 2.05) is 29.8 Å². The van der Waals surface area contributed by atoms with Crippen LogP contribution in [-0.4, -0.2) is 40.5 Å². The van der Waals surface area contributed by atoms with Gasteiger partial charge in [-0.05, 0) is 57.6 Å². The van der Waals surface area contributed by atoms with Crippen molar-refractivity contribution in [3.63, 3.8) is 0 Å².